The Morgan fingerprint density at radius 2 is 1.81 bits per heavy atom. The van der Waals surface area contributed by atoms with Gasteiger partial charge in [-0.2, -0.15) is 0 Å². The number of esters is 3. The quantitative estimate of drug-likeness (QED) is 0.307. The predicted molar refractivity (Wildman–Crippen MR) is 126 cm³/mol. The fraction of sp³-hybridized carbons (Fsp3) is 0.815. The molecule has 0 radical (unpaired) electrons. The average Bonchev–Trinajstić information content (AvgIpc) is 3.32. The molecule has 10 nitrogen and oxygen atoms in total. The molecule has 10 atom stereocenters. The molecule has 5 aliphatic rings. The Morgan fingerprint density at radius 3 is 2.41 bits per heavy atom. The zero-order chi connectivity index (χ0) is 27.0. The maximum atomic E-state index is 12.4. The summed E-state index contributed by atoms with van der Waals surface area (Å²) in [6.07, 6.45) is 0.567. The van der Waals surface area contributed by atoms with Gasteiger partial charge in [-0.15, -0.1) is 0 Å². The van der Waals surface area contributed by atoms with E-state index < -0.39 is 76.7 Å². The Morgan fingerprint density at radius 1 is 1.11 bits per heavy atom. The van der Waals surface area contributed by atoms with Crippen molar-refractivity contribution in [3.63, 3.8) is 0 Å². The topological polar surface area (TPSA) is 160 Å². The number of aliphatic hydroxyl groups is 4. The van der Waals surface area contributed by atoms with E-state index in [1.165, 1.54) is 19.9 Å². The van der Waals surface area contributed by atoms with E-state index in [1.807, 2.05) is 6.92 Å². The molecular formula is C27H38O10. The van der Waals surface area contributed by atoms with Crippen LogP contribution in [0.25, 0.3) is 0 Å². The van der Waals surface area contributed by atoms with Crippen LogP contribution < -0.4 is 0 Å². The molecule has 4 saturated carbocycles. The number of cyclic esters (lactones) is 1. The molecule has 1 aliphatic heterocycles. The molecule has 4 aliphatic carbocycles. The van der Waals surface area contributed by atoms with Crippen LogP contribution in [0.15, 0.2) is 11.6 Å². The molecule has 37 heavy (non-hydrogen) atoms. The third kappa shape index (κ3) is 3.62. The van der Waals surface area contributed by atoms with Gasteiger partial charge in [0, 0.05) is 44.1 Å². The van der Waals surface area contributed by atoms with Crippen molar-refractivity contribution in [2.75, 3.05) is 13.2 Å². The Labute approximate surface area is 216 Å². The van der Waals surface area contributed by atoms with Gasteiger partial charge in [-0.25, -0.2) is 4.79 Å². The second-order valence-corrected chi connectivity index (χ2v) is 12.2. The molecule has 0 aromatic carbocycles. The summed E-state index contributed by atoms with van der Waals surface area (Å²) in [4.78, 5) is 35.8. The SMILES string of the molecule is CC(=O)O[C@H]1C[C@H](O)[C@]2(CO)[C@@H]3[C@@H](OC(C)=O)C[C@@]4(C)[C@H](C5=CC(=O)OC5)CC[C@]4(O)[C@H]3CC[C@@]2(O)C1. The van der Waals surface area contributed by atoms with Gasteiger partial charge in [-0.3, -0.25) is 9.59 Å². The molecule has 0 saturated heterocycles. The van der Waals surface area contributed by atoms with E-state index in [2.05, 4.69) is 0 Å². The van der Waals surface area contributed by atoms with E-state index >= 15 is 0 Å². The molecule has 0 bridgehead atoms. The third-order valence-corrected chi connectivity index (χ3v) is 10.7. The molecular weight excluding hydrogens is 484 g/mol. The van der Waals surface area contributed by atoms with Crippen molar-refractivity contribution in [3.8, 4) is 0 Å². The standard InChI is InChI=1S/C27H38O10/c1-14(29)36-17-9-21(31)26(13-28)23-19(4-6-25(26,33)10-17)27(34)7-5-18(16-8-22(32)35-12-16)24(27,3)11-20(23)37-15(2)30/h8,17-21,23,28,31,33-34H,4-7,9-13H2,1-3H3/t17-,18-,19-,20-,21-,23-,24-,25+,26+,27-/m0/s1. The number of carbonyl (C=O) groups excluding carboxylic acids is 3. The molecule has 0 amide bonds. The lowest BCUT2D eigenvalue weighted by Gasteiger charge is -2.68. The van der Waals surface area contributed by atoms with Crippen molar-refractivity contribution in [2.45, 2.75) is 95.2 Å². The van der Waals surface area contributed by atoms with Crippen LogP contribution in [0.5, 0.6) is 0 Å². The van der Waals surface area contributed by atoms with Gasteiger partial charge in [0.25, 0.3) is 0 Å². The van der Waals surface area contributed by atoms with E-state index in [1.54, 1.807) is 0 Å². The van der Waals surface area contributed by atoms with Gasteiger partial charge in [0.15, 0.2) is 0 Å². The van der Waals surface area contributed by atoms with Crippen molar-refractivity contribution in [3.05, 3.63) is 11.6 Å². The fourth-order valence-electron chi connectivity index (χ4n) is 9.28. The number of hydrogen-bond acceptors (Lipinski definition) is 10. The summed E-state index contributed by atoms with van der Waals surface area (Å²) >= 11 is 0. The minimum absolute atomic E-state index is 0.0170. The van der Waals surface area contributed by atoms with Crippen LogP contribution >= 0.6 is 0 Å². The number of carbonyl (C=O) groups is 3. The summed E-state index contributed by atoms with van der Waals surface area (Å²) in [5, 5.41) is 46.9. The zero-order valence-electron chi connectivity index (χ0n) is 21.6. The molecule has 5 rings (SSSR count). The van der Waals surface area contributed by atoms with Crippen LogP contribution in [0.4, 0.5) is 0 Å². The van der Waals surface area contributed by atoms with Crippen LogP contribution in [0, 0.1) is 28.6 Å². The molecule has 4 N–H and O–H groups in total. The van der Waals surface area contributed by atoms with Gasteiger partial charge < -0.3 is 34.6 Å². The lowest BCUT2D eigenvalue weighted by atomic mass is 9.40. The van der Waals surface area contributed by atoms with Crippen LogP contribution in [0.3, 0.4) is 0 Å². The van der Waals surface area contributed by atoms with Gasteiger partial charge in [0.2, 0.25) is 0 Å². The number of aliphatic hydroxyl groups excluding tert-OH is 2. The third-order valence-electron chi connectivity index (χ3n) is 10.7. The monoisotopic (exact) mass is 522 g/mol. The number of hydrogen-bond donors (Lipinski definition) is 4. The first kappa shape index (κ1) is 26.6. The van der Waals surface area contributed by atoms with Gasteiger partial charge in [0.05, 0.1) is 29.3 Å². The summed E-state index contributed by atoms with van der Waals surface area (Å²) in [6, 6.07) is 0. The predicted octanol–water partition coefficient (Wildman–Crippen LogP) is 0.775. The molecule has 10 heteroatoms. The first-order chi connectivity index (χ1) is 17.3. The van der Waals surface area contributed by atoms with E-state index in [-0.39, 0.29) is 38.2 Å². The highest BCUT2D eigenvalue weighted by Crippen LogP contribution is 2.71. The summed E-state index contributed by atoms with van der Waals surface area (Å²) in [5.41, 5.74) is -4.29. The summed E-state index contributed by atoms with van der Waals surface area (Å²) in [6.45, 7) is 4.11. The number of rotatable bonds is 4. The van der Waals surface area contributed by atoms with Crippen molar-refractivity contribution < 1.29 is 49.0 Å². The van der Waals surface area contributed by atoms with Crippen LogP contribution in [-0.2, 0) is 28.6 Å². The Balaban J connectivity index is 1.59. The summed E-state index contributed by atoms with van der Waals surface area (Å²) < 4.78 is 16.4. The van der Waals surface area contributed by atoms with Crippen LogP contribution in [0.2, 0.25) is 0 Å². The van der Waals surface area contributed by atoms with E-state index in [4.69, 9.17) is 14.2 Å². The highest BCUT2D eigenvalue weighted by atomic mass is 16.6. The minimum Gasteiger partial charge on any atom is -0.462 e. The zero-order valence-corrected chi connectivity index (χ0v) is 21.6. The summed E-state index contributed by atoms with van der Waals surface area (Å²) in [5.74, 6) is -2.86. The lowest BCUT2D eigenvalue weighted by molar-refractivity contribution is -0.318. The van der Waals surface area contributed by atoms with Gasteiger partial charge >= 0.3 is 17.9 Å². The largest absolute Gasteiger partial charge is 0.462 e. The number of fused-ring (bicyclic) bond motifs is 5. The number of ether oxygens (including phenoxy) is 3. The van der Waals surface area contributed by atoms with Gasteiger partial charge in [-0.1, -0.05) is 6.92 Å². The first-order valence-corrected chi connectivity index (χ1v) is 13.3. The maximum Gasteiger partial charge on any atom is 0.331 e. The molecule has 0 aromatic rings. The Hall–Kier alpha value is -2.01. The Kier molecular flexibility index (Phi) is 6.29. The van der Waals surface area contributed by atoms with Crippen molar-refractivity contribution in [1.82, 2.24) is 0 Å². The van der Waals surface area contributed by atoms with Gasteiger partial charge in [-0.05, 0) is 49.5 Å². The molecule has 206 valence electrons. The Bertz CT molecular complexity index is 1020. The normalized spacial score (nSPS) is 48.7. The molecule has 1 heterocycles. The highest BCUT2D eigenvalue weighted by molar-refractivity contribution is 5.85. The second kappa shape index (κ2) is 8.76. The van der Waals surface area contributed by atoms with Gasteiger partial charge in [0.1, 0.15) is 18.8 Å². The van der Waals surface area contributed by atoms with Crippen molar-refractivity contribution >= 4 is 17.9 Å². The first-order valence-electron chi connectivity index (χ1n) is 13.3. The summed E-state index contributed by atoms with van der Waals surface area (Å²) in [7, 11) is 0. The maximum absolute atomic E-state index is 12.4. The van der Waals surface area contributed by atoms with E-state index in [0.717, 1.165) is 5.57 Å². The molecule has 0 aromatic heterocycles. The lowest BCUT2D eigenvalue weighted by Crippen LogP contribution is -2.76. The highest BCUT2D eigenvalue weighted by Gasteiger charge is 2.76. The van der Waals surface area contributed by atoms with Crippen LogP contribution in [0.1, 0.15) is 65.7 Å². The fourth-order valence-corrected chi connectivity index (χ4v) is 9.28. The molecule has 0 unspecified atom stereocenters. The van der Waals surface area contributed by atoms with Crippen molar-refractivity contribution in [1.29, 1.82) is 0 Å². The van der Waals surface area contributed by atoms with E-state index in [9.17, 15) is 34.8 Å². The molecule has 0 spiro atoms. The van der Waals surface area contributed by atoms with Crippen molar-refractivity contribution in [2.24, 2.45) is 28.6 Å². The molecule has 4 fully saturated rings. The minimum atomic E-state index is -1.60. The van der Waals surface area contributed by atoms with Crippen LogP contribution in [-0.4, -0.2) is 81.1 Å². The smallest absolute Gasteiger partial charge is 0.331 e. The second-order valence-electron chi connectivity index (χ2n) is 12.2. The average molecular weight is 523 g/mol. The van der Waals surface area contributed by atoms with E-state index in [0.29, 0.717) is 19.3 Å².